The van der Waals surface area contributed by atoms with Gasteiger partial charge in [-0.25, -0.2) is 4.98 Å². The highest BCUT2D eigenvalue weighted by Gasteiger charge is 2.74. The number of hydrogen-bond donors (Lipinski definition) is 0. The van der Waals surface area contributed by atoms with E-state index in [2.05, 4.69) is 29.2 Å². The summed E-state index contributed by atoms with van der Waals surface area (Å²) in [6, 6.07) is 10.5. The number of epoxide rings is 1. The van der Waals surface area contributed by atoms with Gasteiger partial charge in [0.15, 0.2) is 0 Å². The Bertz CT molecular complexity index is 733. The van der Waals surface area contributed by atoms with Gasteiger partial charge in [-0.2, -0.15) is 0 Å². The molecule has 2 heterocycles. The SMILES string of the molecule is S=C(O[C@H]1[C@H]2CC[C@H](C2)[C@@]12O[C@@H]2c1ccccc1)n1ccnc1. The van der Waals surface area contributed by atoms with Gasteiger partial charge in [-0.1, -0.05) is 30.3 Å². The number of aromatic nitrogens is 2. The Morgan fingerprint density at radius 2 is 2.17 bits per heavy atom. The van der Waals surface area contributed by atoms with Gasteiger partial charge in [-0.3, -0.25) is 4.57 Å². The van der Waals surface area contributed by atoms with Crippen LogP contribution in [0.5, 0.6) is 0 Å². The lowest BCUT2D eigenvalue weighted by molar-refractivity contribution is 0.0418. The summed E-state index contributed by atoms with van der Waals surface area (Å²) in [6.45, 7) is 0. The van der Waals surface area contributed by atoms with Crippen molar-refractivity contribution in [2.75, 3.05) is 0 Å². The van der Waals surface area contributed by atoms with Crippen LogP contribution in [-0.4, -0.2) is 26.4 Å². The van der Waals surface area contributed by atoms with Gasteiger partial charge in [0.2, 0.25) is 0 Å². The maximum atomic E-state index is 6.31. The smallest absolute Gasteiger partial charge is 0.269 e. The van der Waals surface area contributed by atoms with Crippen LogP contribution in [0.3, 0.4) is 0 Å². The van der Waals surface area contributed by atoms with Gasteiger partial charge in [0, 0.05) is 12.4 Å². The summed E-state index contributed by atoms with van der Waals surface area (Å²) < 4.78 is 14.3. The summed E-state index contributed by atoms with van der Waals surface area (Å²) in [7, 11) is 0. The minimum absolute atomic E-state index is 0.0568. The van der Waals surface area contributed by atoms with Crippen molar-refractivity contribution in [3.63, 3.8) is 0 Å². The molecule has 0 amide bonds. The molecule has 0 radical (unpaired) electrons. The Balaban J connectivity index is 1.43. The van der Waals surface area contributed by atoms with Crippen molar-refractivity contribution >= 4 is 17.4 Å². The van der Waals surface area contributed by atoms with Crippen molar-refractivity contribution in [2.45, 2.75) is 37.1 Å². The summed E-state index contributed by atoms with van der Waals surface area (Å²) >= 11 is 5.46. The minimum Gasteiger partial charge on any atom is -0.464 e. The van der Waals surface area contributed by atoms with Crippen LogP contribution in [0.2, 0.25) is 0 Å². The number of imidazole rings is 1. The molecule has 2 aromatic rings. The Morgan fingerprint density at radius 3 is 2.96 bits per heavy atom. The number of fused-ring (bicyclic) bond motifs is 3. The molecule has 0 N–H and O–H groups in total. The minimum atomic E-state index is -0.172. The quantitative estimate of drug-likeness (QED) is 0.627. The molecule has 1 aromatic heterocycles. The van der Waals surface area contributed by atoms with Crippen molar-refractivity contribution in [3.8, 4) is 0 Å². The van der Waals surface area contributed by atoms with Crippen molar-refractivity contribution in [2.24, 2.45) is 11.8 Å². The molecule has 2 saturated carbocycles. The van der Waals surface area contributed by atoms with Crippen molar-refractivity contribution in [1.82, 2.24) is 9.55 Å². The topological polar surface area (TPSA) is 39.6 Å². The van der Waals surface area contributed by atoms with E-state index in [-0.39, 0.29) is 17.8 Å². The zero-order chi connectivity index (χ0) is 15.4. The molecule has 118 valence electrons. The van der Waals surface area contributed by atoms with E-state index < -0.39 is 0 Å². The first-order valence-electron chi connectivity index (χ1n) is 8.21. The molecular weight excluding hydrogens is 308 g/mol. The van der Waals surface area contributed by atoms with E-state index in [1.54, 1.807) is 17.1 Å². The van der Waals surface area contributed by atoms with Crippen LogP contribution in [0, 0.1) is 11.8 Å². The summed E-state index contributed by atoms with van der Waals surface area (Å²) in [5, 5.41) is 0.474. The zero-order valence-electron chi connectivity index (χ0n) is 12.7. The third-order valence-corrected chi connectivity index (χ3v) is 6.01. The molecule has 23 heavy (non-hydrogen) atoms. The molecule has 1 aromatic carbocycles. The second-order valence-corrected chi connectivity index (χ2v) is 7.16. The maximum absolute atomic E-state index is 6.31. The molecule has 2 bridgehead atoms. The fourth-order valence-electron chi connectivity index (χ4n) is 4.68. The number of hydrogen-bond acceptors (Lipinski definition) is 4. The Kier molecular flexibility index (Phi) is 2.91. The van der Waals surface area contributed by atoms with Gasteiger partial charge in [0.25, 0.3) is 5.17 Å². The largest absolute Gasteiger partial charge is 0.464 e. The van der Waals surface area contributed by atoms with Gasteiger partial charge in [-0.05, 0) is 48.9 Å². The number of thiocarbonyl (C=S) groups is 1. The average molecular weight is 326 g/mol. The van der Waals surface area contributed by atoms with Crippen LogP contribution in [0.4, 0.5) is 0 Å². The molecule has 5 rings (SSSR count). The average Bonchev–Trinajstić information content (AvgIpc) is 2.99. The Hall–Kier alpha value is -1.72. The predicted molar refractivity (Wildman–Crippen MR) is 88.9 cm³/mol. The standard InChI is InChI=1S/C18H18N2O2S/c23-17(20-9-8-19-11-20)21-15-13-6-7-14(10-13)18(15)16(22-18)12-4-2-1-3-5-12/h1-5,8-9,11,13-16H,6-7,10H2/t13-,14+,15-,16+,18+/m0/s1. The third kappa shape index (κ3) is 1.93. The lowest BCUT2D eigenvalue weighted by atomic mass is 9.81. The van der Waals surface area contributed by atoms with E-state index in [1.807, 2.05) is 12.3 Å². The number of nitrogens with zero attached hydrogens (tertiary/aromatic N) is 2. The molecular formula is C18H18N2O2S. The summed E-state index contributed by atoms with van der Waals surface area (Å²) in [5.41, 5.74) is 1.08. The predicted octanol–water partition coefficient (Wildman–Crippen LogP) is 3.34. The van der Waals surface area contributed by atoms with Gasteiger partial charge in [0.1, 0.15) is 24.1 Å². The van der Waals surface area contributed by atoms with Gasteiger partial charge in [-0.15, -0.1) is 0 Å². The van der Waals surface area contributed by atoms with E-state index in [0.717, 1.165) is 0 Å². The van der Waals surface area contributed by atoms with Crippen LogP contribution in [-0.2, 0) is 9.47 Å². The first-order chi connectivity index (χ1) is 11.3. The fraction of sp³-hybridized carbons (Fsp3) is 0.444. The van der Waals surface area contributed by atoms with Crippen LogP contribution in [0.1, 0.15) is 30.9 Å². The molecule has 3 aliphatic rings. The van der Waals surface area contributed by atoms with Crippen molar-refractivity contribution < 1.29 is 9.47 Å². The second-order valence-electron chi connectivity index (χ2n) is 6.81. The van der Waals surface area contributed by atoms with Crippen LogP contribution in [0.25, 0.3) is 0 Å². The third-order valence-electron chi connectivity index (χ3n) is 5.70. The monoisotopic (exact) mass is 326 g/mol. The van der Waals surface area contributed by atoms with E-state index in [9.17, 15) is 0 Å². The van der Waals surface area contributed by atoms with E-state index >= 15 is 0 Å². The molecule has 1 aliphatic heterocycles. The first-order valence-corrected chi connectivity index (χ1v) is 8.61. The highest BCUT2D eigenvalue weighted by molar-refractivity contribution is 7.80. The molecule has 5 atom stereocenters. The van der Waals surface area contributed by atoms with E-state index in [0.29, 0.717) is 17.0 Å². The first kappa shape index (κ1) is 13.7. The molecule has 4 nitrogen and oxygen atoms in total. The highest BCUT2D eigenvalue weighted by atomic mass is 32.1. The maximum Gasteiger partial charge on any atom is 0.269 e. The molecule has 0 unspecified atom stereocenters. The Morgan fingerprint density at radius 1 is 1.30 bits per heavy atom. The van der Waals surface area contributed by atoms with Crippen LogP contribution in [0.15, 0.2) is 49.1 Å². The zero-order valence-corrected chi connectivity index (χ0v) is 13.5. The lowest BCUT2D eigenvalue weighted by Crippen LogP contribution is -2.41. The molecule has 1 saturated heterocycles. The van der Waals surface area contributed by atoms with E-state index in [1.165, 1.54) is 24.8 Å². The fourth-order valence-corrected chi connectivity index (χ4v) is 4.89. The van der Waals surface area contributed by atoms with Crippen molar-refractivity contribution in [3.05, 3.63) is 54.6 Å². The lowest BCUT2D eigenvalue weighted by Gasteiger charge is -2.29. The highest BCUT2D eigenvalue weighted by Crippen LogP contribution is 2.68. The normalized spacial score (nSPS) is 37.2. The van der Waals surface area contributed by atoms with Crippen molar-refractivity contribution in [1.29, 1.82) is 0 Å². The summed E-state index contributed by atoms with van der Waals surface area (Å²) in [5.74, 6) is 1.14. The van der Waals surface area contributed by atoms with Crippen LogP contribution < -0.4 is 0 Å². The second kappa shape index (κ2) is 4.89. The summed E-state index contributed by atoms with van der Waals surface area (Å²) in [6.07, 6.45) is 9.08. The summed E-state index contributed by atoms with van der Waals surface area (Å²) in [4.78, 5) is 4.04. The Labute approximate surface area is 140 Å². The van der Waals surface area contributed by atoms with Crippen LogP contribution >= 0.6 is 12.2 Å². The van der Waals surface area contributed by atoms with Gasteiger partial charge >= 0.3 is 0 Å². The van der Waals surface area contributed by atoms with Gasteiger partial charge < -0.3 is 9.47 Å². The number of benzene rings is 1. The van der Waals surface area contributed by atoms with Gasteiger partial charge in [0.05, 0.1) is 0 Å². The molecule has 1 spiro atoms. The molecule has 3 fully saturated rings. The molecule has 2 aliphatic carbocycles. The van der Waals surface area contributed by atoms with E-state index in [4.69, 9.17) is 21.7 Å². The number of ether oxygens (including phenoxy) is 2. The number of rotatable bonds is 2. The molecule has 5 heteroatoms.